The first-order valence-electron chi connectivity index (χ1n) is 8.29. The van der Waals surface area contributed by atoms with E-state index in [0.717, 1.165) is 5.69 Å². The van der Waals surface area contributed by atoms with Crippen molar-refractivity contribution in [2.24, 2.45) is 0 Å². The molecule has 1 aliphatic heterocycles. The van der Waals surface area contributed by atoms with Crippen molar-refractivity contribution >= 4 is 44.8 Å². The van der Waals surface area contributed by atoms with Crippen LogP contribution in [0.25, 0.3) is 0 Å². The van der Waals surface area contributed by atoms with Gasteiger partial charge in [-0.3, -0.25) is 14.9 Å². The minimum atomic E-state index is -0.417. The Morgan fingerprint density at radius 2 is 1.81 bits per heavy atom. The number of hydrogen-bond acceptors (Lipinski definition) is 5. The van der Waals surface area contributed by atoms with E-state index < -0.39 is 4.92 Å². The van der Waals surface area contributed by atoms with E-state index in [1.165, 1.54) is 12.1 Å². The van der Waals surface area contributed by atoms with Gasteiger partial charge >= 0.3 is 0 Å². The third-order valence-corrected chi connectivity index (χ3v) is 5.16. The number of rotatable bonds is 5. The van der Waals surface area contributed by atoms with E-state index in [-0.39, 0.29) is 18.2 Å². The van der Waals surface area contributed by atoms with Crippen molar-refractivity contribution in [3.8, 4) is 5.75 Å². The van der Waals surface area contributed by atoms with Crippen molar-refractivity contribution in [2.45, 2.75) is 0 Å². The van der Waals surface area contributed by atoms with Gasteiger partial charge in [0.15, 0.2) is 6.61 Å². The van der Waals surface area contributed by atoms with Crippen LogP contribution in [0, 0.1) is 10.1 Å². The molecule has 142 valence electrons. The highest BCUT2D eigenvalue weighted by atomic mass is 79.9. The molecular formula is C18H17BrClN3O4. The Balaban J connectivity index is 1.51. The Hall–Kier alpha value is -2.32. The summed E-state index contributed by atoms with van der Waals surface area (Å²) < 4.78 is 6.28. The van der Waals surface area contributed by atoms with E-state index in [0.29, 0.717) is 41.4 Å². The van der Waals surface area contributed by atoms with E-state index in [4.69, 9.17) is 16.3 Å². The van der Waals surface area contributed by atoms with E-state index in [1.807, 2.05) is 0 Å². The number of non-ortho nitro benzene ring substituents is 1. The van der Waals surface area contributed by atoms with Gasteiger partial charge in [-0.25, -0.2) is 0 Å². The first-order chi connectivity index (χ1) is 12.9. The van der Waals surface area contributed by atoms with Crippen molar-refractivity contribution in [1.82, 2.24) is 4.90 Å². The second-order valence-corrected chi connectivity index (χ2v) is 7.30. The highest BCUT2D eigenvalue weighted by Crippen LogP contribution is 2.28. The van der Waals surface area contributed by atoms with Gasteiger partial charge in [0.05, 0.1) is 9.40 Å². The molecule has 0 spiro atoms. The molecule has 27 heavy (non-hydrogen) atoms. The molecule has 0 radical (unpaired) electrons. The van der Waals surface area contributed by atoms with Crippen LogP contribution in [-0.2, 0) is 4.79 Å². The molecule has 0 aromatic heterocycles. The lowest BCUT2D eigenvalue weighted by atomic mass is 10.2. The molecule has 1 aliphatic rings. The topological polar surface area (TPSA) is 75.9 Å². The molecule has 0 saturated carbocycles. The summed E-state index contributed by atoms with van der Waals surface area (Å²) in [6, 6.07) is 11.6. The summed E-state index contributed by atoms with van der Waals surface area (Å²) in [5, 5.41) is 11.3. The maximum absolute atomic E-state index is 12.4. The first-order valence-corrected chi connectivity index (χ1v) is 9.46. The van der Waals surface area contributed by atoms with E-state index in [2.05, 4.69) is 20.8 Å². The fourth-order valence-corrected chi connectivity index (χ4v) is 3.62. The summed E-state index contributed by atoms with van der Waals surface area (Å²) in [6.45, 7) is 2.42. The number of nitro groups is 1. The van der Waals surface area contributed by atoms with Gasteiger partial charge in [-0.1, -0.05) is 11.6 Å². The van der Waals surface area contributed by atoms with Crippen LogP contribution in [-0.4, -0.2) is 48.5 Å². The maximum atomic E-state index is 12.4. The zero-order valence-electron chi connectivity index (χ0n) is 14.3. The minimum Gasteiger partial charge on any atom is -0.483 e. The summed E-state index contributed by atoms with van der Waals surface area (Å²) >= 11 is 9.25. The van der Waals surface area contributed by atoms with Crippen LogP contribution < -0.4 is 9.64 Å². The minimum absolute atomic E-state index is 0.0439. The fourth-order valence-electron chi connectivity index (χ4n) is 2.82. The van der Waals surface area contributed by atoms with Crippen LogP contribution in [0.1, 0.15) is 0 Å². The van der Waals surface area contributed by atoms with Crippen molar-refractivity contribution < 1.29 is 14.5 Å². The normalized spacial score (nSPS) is 14.1. The van der Waals surface area contributed by atoms with E-state index >= 15 is 0 Å². The van der Waals surface area contributed by atoms with Crippen LogP contribution in [0.3, 0.4) is 0 Å². The number of benzene rings is 2. The first kappa shape index (κ1) is 19.4. The molecule has 1 amide bonds. The van der Waals surface area contributed by atoms with Gasteiger partial charge in [0.2, 0.25) is 0 Å². The predicted octanol–water partition coefficient (Wildman–Crippen LogP) is 3.74. The fraction of sp³-hybridized carbons (Fsp3) is 0.278. The number of carbonyl (C=O) groups excluding carboxylic acids is 1. The standard InChI is InChI=1S/C18H17BrClN3O4/c19-16-11-13(20)1-6-17(16)27-12-18(24)22-9-7-21(8-10-22)14-2-4-15(5-3-14)23(25)26/h1-6,11H,7-10,12H2. The average molecular weight is 455 g/mol. The Labute approximate surface area is 169 Å². The van der Waals surface area contributed by atoms with Gasteiger partial charge in [0.1, 0.15) is 5.75 Å². The molecule has 0 aliphatic carbocycles. The number of amides is 1. The average Bonchev–Trinajstić information content (AvgIpc) is 2.67. The Bertz CT molecular complexity index is 839. The second kappa shape index (κ2) is 8.58. The Kier molecular flexibility index (Phi) is 6.18. The van der Waals surface area contributed by atoms with Gasteiger partial charge in [-0.15, -0.1) is 0 Å². The quantitative estimate of drug-likeness (QED) is 0.508. The molecular weight excluding hydrogens is 438 g/mol. The molecule has 2 aromatic carbocycles. The lowest BCUT2D eigenvalue weighted by Crippen LogP contribution is -2.50. The number of nitrogens with zero attached hydrogens (tertiary/aromatic N) is 3. The summed E-state index contributed by atoms with van der Waals surface area (Å²) in [4.78, 5) is 26.6. The van der Waals surface area contributed by atoms with Gasteiger partial charge in [0, 0.05) is 49.0 Å². The molecule has 1 fully saturated rings. The van der Waals surface area contributed by atoms with Gasteiger partial charge < -0.3 is 14.5 Å². The zero-order chi connectivity index (χ0) is 19.4. The van der Waals surface area contributed by atoms with Crippen LogP contribution in [0.4, 0.5) is 11.4 Å². The lowest BCUT2D eigenvalue weighted by molar-refractivity contribution is -0.384. The van der Waals surface area contributed by atoms with Crippen molar-refractivity contribution in [1.29, 1.82) is 0 Å². The molecule has 0 unspecified atom stereocenters. The molecule has 0 N–H and O–H groups in total. The summed E-state index contributed by atoms with van der Waals surface area (Å²) in [5.74, 6) is 0.484. The van der Waals surface area contributed by atoms with Gasteiger partial charge in [-0.2, -0.15) is 0 Å². The molecule has 1 heterocycles. The monoisotopic (exact) mass is 453 g/mol. The molecule has 9 heteroatoms. The van der Waals surface area contributed by atoms with Crippen molar-refractivity contribution in [3.63, 3.8) is 0 Å². The second-order valence-electron chi connectivity index (χ2n) is 6.00. The molecule has 0 bridgehead atoms. The number of piperazine rings is 1. The number of anilines is 1. The molecule has 7 nitrogen and oxygen atoms in total. The largest absolute Gasteiger partial charge is 0.483 e. The van der Waals surface area contributed by atoms with Crippen molar-refractivity contribution in [2.75, 3.05) is 37.7 Å². The van der Waals surface area contributed by atoms with Gasteiger partial charge in [-0.05, 0) is 46.3 Å². The highest BCUT2D eigenvalue weighted by molar-refractivity contribution is 9.10. The zero-order valence-corrected chi connectivity index (χ0v) is 16.6. The summed E-state index contributed by atoms with van der Waals surface area (Å²) in [7, 11) is 0. The highest BCUT2D eigenvalue weighted by Gasteiger charge is 2.22. The molecule has 0 atom stereocenters. The van der Waals surface area contributed by atoms with Crippen LogP contribution in [0.2, 0.25) is 5.02 Å². The third-order valence-electron chi connectivity index (χ3n) is 4.30. The van der Waals surface area contributed by atoms with E-state index in [9.17, 15) is 14.9 Å². The number of carbonyl (C=O) groups is 1. The van der Waals surface area contributed by atoms with Gasteiger partial charge in [0.25, 0.3) is 11.6 Å². The molecule has 1 saturated heterocycles. The lowest BCUT2D eigenvalue weighted by Gasteiger charge is -2.36. The third kappa shape index (κ3) is 4.90. The number of nitro benzene ring substituents is 1. The Morgan fingerprint density at radius 3 is 2.41 bits per heavy atom. The van der Waals surface area contributed by atoms with Crippen LogP contribution >= 0.6 is 27.5 Å². The SMILES string of the molecule is O=C(COc1ccc(Cl)cc1Br)N1CCN(c2ccc([N+](=O)[O-])cc2)CC1. The van der Waals surface area contributed by atoms with Crippen molar-refractivity contribution in [3.05, 3.63) is 62.1 Å². The molecule has 3 rings (SSSR count). The number of ether oxygens (including phenoxy) is 1. The van der Waals surface area contributed by atoms with Crippen LogP contribution in [0.5, 0.6) is 5.75 Å². The number of halogens is 2. The predicted molar refractivity (Wildman–Crippen MR) is 107 cm³/mol. The smallest absolute Gasteiger partial charge is 0.269 e. The Morgan fingerprint density at radius 1 is 1.15 bits per heavy atom. The summed E-state index contributed by atoms with van der Waals surface area (Å²) in [6.07, 6.45) is 0. The van der Waals surface area contributed by atoms with E-state index in [1.54, 1.807) is 35.2 Å². The number of hydrogen-bond donors (Lipinski definition) is 0. The maximum Gasteiger partial charge on any atom is 0.269 e. The van der Waals surface area contributed by atoms with Crippen LogP contribution in [0.15, 0.2) is 46.9 Å². The summed E-state index contributed by atoms with van der Waals surface area (Å²) in [5.41, 5.74) is 0.979. The molecule has 2 aromatic rings.